The van der Waals surface area contributed by atoms with E-state index in [-0.39, 0.29) is 0 Å². The third-order valence-corrected chi connectivity index (χ3v) is 5.18. The average molecular weight is 228 g/mol. The molecule has 0 aromatic rings. The quantitative estimate of drug-likeness (QED) is 0.734. The standard InChI is InChI=1S/C12H24N2S/c1-14(10-7-8-15-9-10)12-6-4-2-3-5-11(12)13/h10-12H,2-9,13H2,1H3. The molecule has 3 atom stereocenters. The fourth-order valence-corrected chi connectivity index (χ4v) is 4.22. The second-order valence-electron chi connectivity index (χ2n) is 5.05. The summed E-state index contributed by atoms with van der Waals surface area (Å²) in [5.41, 5.74) is 6.30. The molecule has 0 radical (unpaired) electrons. The third kappa shape index (κ3) is 2.89. The predicted octanol–water partition coefficient (Wildman–Crippen LogP) is 2.08. The number of hydrogen-bond donors (Lipinski definition) is 1. The van der Waals surface area contributed by atoms with E-state index in [4.69, 9.17) is 5.73 Å². The van der Waals surface area contributed by atoms with Crippen LogP contribution in [0.2, 0.25) is 0 Å². The molecule has 1 saturated heterocycles. The van der Waals surface area contributed by atoms with Gasteiger partial charge in [0.2, 0.25) is 0 Å². The van der Waals surface area contributed by atoms with E-state index >= 15 is 0 Å². The molecule has 15 heavy (non-hydrogen) atoms. The van der Waals surface area contributed by atoms with Gasteiger partial charge in [0, 0.05) is 23.9 Å². The summed E-state index contributed by atoms with van der Waals surface area (Å²) in [4.78, 5) is 2.59. The van der Waals surface area contributed by atoms with E-state index in [0.717, 1.165) is 6.04 Å². The van der Waals surface area contributed by atoms with E-state index in [1.165, 1.54) is 50.0 Å². The van der Waals surface area contributed by atoms with Gasteiger partial charge in [-0.2, -0.15) is 11.8 Å². The zero-order valence-corrected chi connectivity index (χ0v) is 10.6. The van der Waals surface area contributed by atoms with Crippen LogP contribution in [0.1, 0.15) is 38.5 Å². The largest absolute Gasteiger partial charge is 0.326 e. The lowest BCUT2D eigenvalue weighted by molar-refractivity contribution is 0.155. The molecule has 1 aliphatic carbocycles. The number of thioether (sulfide) groups is 1. The highest BCUT2D eigenvalue weighted by atomic mass is 32.2. The minimum atomic E-state index is 0.420. The summed E-state index contributed by atoms with van der Waals surface area (Å²) in [6.07, 6.45) is 8.02. The minimum Gasteiger partial charge on any atom is -0.326 e. The van der Waals surface area contributed by atoms with E-state index in [1.54, 1.807) is 0 Å². The van der Waals surface area contributed by atoms with Crippen LogP contribution in [0.15, 0.2) is 0 Å². The lowest BCUT2D eigenvalue weighted by Gasteiger charge is -2.35. The average Bonchev–Trinajstić information content (AvgIpc) is 2.68. The van der Waals surface area contributed by atoms with E-state index in [0.29, 0.717) is 12.1 Å². The first-order chi connectivity index (χ1) is 7.29. The van der Waals surface area contributed by atoms with Crippen LogP contribution in [0.4, 0.5) is 0 Å². The van der Waals surface area contributed by atoms with Crippen LogP contribution in [-0.4, -0.2) is 41.6 Å². The summed E-state index contributed by atoms with van der Waals surface area (Å²) >= 11 is 2.10. The fraction of sp³-hybridized carbons (Fsp3) is 1.00. The maximum atomic E-state index is 6.30. The summed E-state index contributed by atoms with van der Waals surface area (Å²) < 4.78 is 0. The molecule has 3 unspecified atom stereocenters. The van der Waals surface area contributed by atoms with Crippen molar-refractivity contribution < 1.29 is 0 Å². The van der Waals surface area contributed by atoms with Gasteiger partial charge in [-0.15, -0.1) is 0 Å². The highest BCUT2D eigenvalue weighted by Gasteiger charge is 2.30. The number of likely N-dealkylation sites (N-methyl/N-ethyl adjacent to an activating group) is 1. The van der Waals surface area contributed by atoms with E-state index in [9.17, 15) is 0 Å². The maximum absolute atomic E-state index is 6.30. The van der Waals surface area contributed by atoms with Crippen molar-refractivity contribution in [3.05, 3.63) is 0 Å². The molecular formula is C12H24N2S. The van der Waals surface area contributed by atoms with Crippen molar-refractivity contribution in [2.24, 2.45) is 5.73 Å². The first-order valence-electron chi connectivity index (χ1n) is 6.34. The van der Waals surface area contributed by atoms with Crippen molar-refractivity contribution in [2.75, 3.05) is 18.6 Å². The molecule has 0 bridgehead atoms. The highest BCUT2D eigenvalue weighted by molar-refractivity contribution is 7.99. The molecule has 1 heterocycles. The summed E-state index contributed by atoms with van der Waals surface area (Å²) in [6.45, 7) is 0. The predicted molar refractivity (Wildman–Crippen MR) is 68.3 cm³/mol. The highest BCUT2D eigenvalue weighted by Crippen LogP contribution is 2.27. The smallest absolute Gasteiger partial charge is 0.0247 e. The molecule has 0 aromatic heterocycles. The molecule has 1 saturated carbocycles. The van der Waals surface area contributed by atoms with Crippen LogP contribution in [0.3, 0.4) is 0 Å². The summed E-state index contributed by atoms with van der Waals surface area (Å²) in [7, 11) is 2.30. The van der Waals surface area contributed by atoms with Crippen molar-refractivity contribution in [2.45, 2.75) is 56.7 Å². The van der Waals surface area contributed by atoms with E-state index < -0.39 is 0 Å². The van der Waals surface area contributed by atoms with Crippen molar-refractivity contribution in [1.29, 1.82) is 0 Å². The molecule has 2 N–H and O–H groups in total. The van der Waals surface area contributed by atoms with Crippen LogP contribution >= 0.6 is 11.8 Å². The van der Waals surface area contributed by atoms with Crippen LogP contribution in [0.5, 0.6) is 0 Å². The van der Waals surface area contributed by atoms with Gasteiger partial charge in [-0.25, -0.2) is 0 Å². The van der Waals surface area contributed by atoms with Gasteiger partial charge in [0.1, 0.15) is 0 Å². The second-order valence-corrected chi connectivity index (χ2v) is 6.20. The number of rotatable bonds is 2. The molecule has 2 aliphatic rings. The van der Waals surface area contributed by atoms with E-state index in [2.05, 4.69) is 23.7 Å². The zero-order valence-electron chi connectivity index (χ0n) is 9.82. The lowest BCUT2D eigenvalue weighted by atomic mass is 10.0. The van der Waals surface area contributed by atoms with Crippen LogP contribution < -0.4 is 5.73 Å². The van der Waals surface area contributed by atoms with Crippen molar-refractivity contribution in [3.8, 4) is 0 Å². The van der Waals surface area contributed by atoms with Gasteiger partial charge in [0.05, 0.1) is 0 Å². The summed E-state index contributed by atoms with van der Waals surface area (Å²) in [6, 6.07) is 1.86. The molecule has 2 nitrogen and oxygen atoms in total. The molecule has 88 valence electrons. The monoisotopic (exact) mass is 228 g/mol. The number of nitrogens with two attached hydrogens (primary N) is 1. The van der Waals surface area contributed by atoms with Gasteiger partial charge in [-0.05, 0) is 32.1 Å². The van der Waals surface area contributed by atoms with Gasteiger partial charge in [-0.1, -0.05) is 19.3 Å². The SMILES string of the molecule is CN(C1CCSC1)C1CCCCCC1N. The van der Waals surface area contributed by atoms with Gasteiger partial charge in [0.15, 0.2) is 0 Å². The van der Waals surface area contributed by atoms with Crippen LogP contribution in [0.25, 0.3) is 0 Å². The van der Waals surface area contributed by atoms with Crippen molar-refractivity contribution in [1.82, 2.24) is 4.90 Å². The molecule has 0 aromatic carbocycles. The topological polar surface area (TPSA) is 29.3 Å². The second kappa shape index (κ2) is 5.55. The van der Waals surface area contributed by atoms with Gasteiger partial charge in [-0.3, -0.25) is 4.90 Å². The molecule has 3 heteroatoms. The lowest BCUT2D eigenvalue weighted by Crippen LogP contribution is -2.49. The Morgan fingerprint density at radius 3 is 2.67 bits per heavy atom. The van der Waals surface area contributed by atoms with Gasteiger partial charge < -0.3 is 5.73 Å². The van der Waals surface area contributed by atoms with Crippen LogP contribution in [0, 0.1) is 0 Å². The Morgan fingerprint density at radius 2 is 1.93 bits per heavy atom. The normalized spacial score (nSPS) is 38.2. The fourth-order valence-electron chi connectivity index (χ4n) is 2.94. The first kappa shape index (κ1) is 11.7. The molecule has 0 amide bonds. The number of hydrogen-bond acceptors (Lipinski definition) is 3. The Hall–Kier alpha value is 0.270. The maximum Gasteiger partial charge on any atom is 0.0247 e. The molecule has 2 fully saturated rings. The Labute approximate surface area is 98.0 Å². The van der Waals surface area contributed by atoms with Crippen molar-refractivity contribution >= 4 is 11.8 Å². The molecule has 2 rings (SSSR count). The molecular weight excluding hydrogens is 204 g/mol. The third-order valence-electron chi connectivity index (χ3n) is 4.04. The van der Waals surface area contributed by atoms with Crippen molar-refractivity contribution in [3.63, 3.8) is 0 Å². The number of nitrogens with zero attached hydrogens (tertiary/aromatic N) is 1. The Morgan fingerprint density at radius 1 is 1.13 bits per heavy atom. The Balaban J connectivity index is 1.93. The summed E-state index contributed by atoms with van der Waals surface area (Å²) in [5, 5.41) is 0. The van der Waals surface area contributed by atoms with Gasteiger partial charge >= 0.3 is 0 Å². The Bertz CT molecular complexity index is 192. The van der Waals surface area contributed by atoms with Crippen LogP contribution in [-0.2, 0) is 0 Å². The molecule has 0 spiro atoms. The first-order valence-corrected chi connectivity index (χ1v) is 7.50. The van der Waals surface area contributed by atoms with E-state index in [1.807, 2.05) is 0 Å². The minimum absolute atomic E-state index is 0.420. The molecule has 1 aliphatic heterocycles. The Kier molecular flexibility index (Phi) is 4.35. The van der Waals surface area contributed by atoms with Gasteiger partial charge in [0.25, 0.3) is 0 Å². The zero-order chi connectivity index (χ0) is 10.7. The summed E-state index contributed by atoms with van der Waals surface area (Å²) in [5.74, 6) is 2.66.